The minimum absolute atomic E-state index is 0.0175. The van der Waals surface area contributed by atoms with Crippen LogP contribution in [0.15, 0.2) is 66.0 Å². The molecule has 1 aliphatic rings. The van der Waals surface area contributed by atoms with Crippen LogP contribution in [0.3, 0.4) is 0 Å². The number of anilines is 1. The first-order valence-corrected chi connectivity index (χ1v) is 13.9. The van der Waals surface area contributed by atoms with Gasteiger partial charge in [0.1, 0.15) is 6.54 Å². The fourth-order valence-electron chi connectivity index (χ4n) is 4.92. The number of hydrogen-bond donors (Lipinski definition) is 1. The molecular weight excluding hydrogens is 466 g/mol. The average Bonchev–Trinajstić information content (AvgIpc) is 3.32. The van der Waals surface area contributed by atoms with Gasteiger partial charge in [0.2, 0.25) is 5.91 Å². The van der Waals surface area contributed by atoms with Crippen molar-refractivity contribution in [1.29, 1.82) is 0 Å². The van der Waals surface area contributed by atoms with Gasteiger partial charge in [0.15, 0.2) is 0 Å². The van der Waals surface area contributed by atoms with E-state index in [0.29, 0.717) is 13.1 Å². The van der Waals surface area contributed by atoms with Crippen LogP contribution in [0.1, 0.15) is 60.6 Å². The van der Waals surface area contributed by atoms with Crippen molar-refractivity contribution in [2.45, 2.75) is 71.5 Å². The van der Waals surface area contributed by atoms with Crippen LogP contribution in [0, 0.1) is 6.92 Å². The van der Waals surface area contributed by atoms with E-state index in [0.717, 1.165) is 48.9 Å². The van der Waals surface area contributed by atoms with E-state index in [9.17, 15) is 9.59 Å². The minimum Gasteiger partial charge on any atom is -0.332 e. The Kier molecular flexibility index (Phi) is 9.17. The van der Waals surface area contributed by atoms with Crippen molar-refractivity contribution in [2.24, 2.45) is 0 Å². The highest BCUT2D eigenvalue weighted by Crippen LogP contribution is 2.25. The second-order valence-electron chi connectivity index (χ2n) is 9.62. The van der Waals surface area contributed by atoms with Crippen molar-refractivity contribution >= 4 is 29.0 Å². The number of thiophene rings is 1. The molecule has 3 aromatic rings. The molecule has 0 aliphatic heterocycles. The van der Waals surface area contributed by atoms with Crippen LogP contribution in [-0.2, 0) is 24.3 Å². The summed E-state index contributed by atoms with van der Waals surface area (Å²) in [5.74, 6) is -0.0175. The Morgan fingerprint density at radius 2 is 1.67 bits per heavy atom. The zero-order valence-electron chi connectivity index (χ0n) is 21.4. The smallest absolute Gasteiger partial charge is 0.322 e. The summed E-state index contributed by atoms with van der Waals surface area (Å²) >= 11 is 1.68. The highest BCUT2D eigenvalue weighted by Gasteiger charge is 2.29. The van der Waals surface area contributed by atoms with Gasteiger partial charge in [0.05, 0.1) is 6.54 Å². The highest BCUT2D eigenvalue weighted by atomic mass is 32.1. The minimum atomic E-state index is -0.178. The van der Waals surface area contributed by atoms with Crippen molar-refractivity contribution in [3.63, 3.8) is 0 Å². The van der Waals surface area contributed by atoms with E-state index in [4.69, 9.17) is 0 Å². The second kappa shape index (κ2) is 12.7. The Bertz CT molecular complexity index is 1140. The Morgan fingerprint density at radius 3 is 2.36 bits per heavy atom. The summed E-state index contributed by atoms with van der Waals surface area (Å²) in [6, 6.07) is 20.0. The van der Waals surface area contributed by atoms with E-state index >= 15 is 0 Å². The molecule has 1 fully saturated rings. The van der Waals surface area contributed by atoms with Gasteiger partial charge < -0.3 is 15.1 Å². The molecule has 1 N–H and O–H groups in total. The van der Waals surface area contributed by atoms with Crippen molar-refractivity contribution < 1.29 is 9.59 Å². The molecule has 1 saturated carbocycles. The number of aryl methyl sites for hydroxylation is 2. The summed E-state index contributed by atoms with van der Waals surface area (Å²) in [6.07, 6.45) is 6.10. The molecular formula is C30H37N3O2S. The third kappa shape index (κ3) is 6.76. The quantitative estimate of drug-likeness (QED) is 0.341. The zero-order valence-corrected chi connectivity index (χ0v) is 22.2. The lowest BCUT2D eigenvalue weighted by Crippen LogP contribution is -2.49. The lowest BCUT2D eigenvalue weighted by atomic mass is 9.94. The zero-order chi connectivity index (χ0) is 25.3. The van der Waals surface area contributed by atoms with E-state index in [-0.39, 0.29) is 24.5 Å². The van der Waals surface area contributed by atoms with Crippen LogP contribution in [0.5, 0.6) is 0 Å². The first kappa shape index (κ1) is 26.0. The van der Waals surface area contributed by atoms with E-state index in [1.165, 1.54) is 16.9 Å². The predicted molar refractivity (Wildman–Crippen MR) is 148 cm³/mol. The number of nitrogens with zero attached hydrogens (tertiary/aromatic N) is 2. The van der Waals surface area contributed by atoms with Crippen molar-refractivity contribution in [2.75, 3.05) is 11.9 Å². The van der Waals surface area contributed by atoms with E-state index < -0.39 is 0 Å². The van der Waals surface area contributed by atoms with Gasteiger partial charge in [-0.1, -0.05) is 74.7 Å². The monoisotopic (exact) mass is 503 g/mol. The normalized spacial score (nSPS) is 13.8. The largest absolute Gasteiger partial charge is 0.332 e. The predicted octanol–water partition coefficient (Wildman–Crippen LogP) is 7.01. The van der Waals surface area contributed by atoms with E-state index in [1.807, 2.05) is 47.4 Å². The molecule has 36 heavy (non-hydrogen) atoms. The molecule has 0 unspecified atom stereocenters. The maximum Gasteiger partial charge on any atom is 0.322 e. The molecule has 6 heteroatoms. The highest BCUT2D eigenvalue weighted by molar-refractivity contribution is 7.10. The lowest BCUT2D eigenvalue weighted by molar-refractivity contribution is -0.133. The number of benzene rings is 2. The number of hydrogen-bond acceptors (Lipinski definition) is 3. The third-order valence-electron chi connectivity index (χ3n) is 7.09. The van der Waals surface area contributed by atoms with Crippen LogP contribution in [0.4, 0.5) is 10.5 Å². The maximum atomic E-state index is 13.8. The summed E-state index contributed by atoms with van der Waals surface area (Å²) in [4.78, 5) is 32.3. The topological polar surface area (TPSA) is 52.7 Å². The first-order valence-electron chi connectivity index (χ1n) is 13.1. The Balaban J connectivity index is 1.56. The van der Waals surface area contributed by atoms with Gasteiger partial charge in [0, 0.05) is 23.2 Å². The van der Waals surface area contributed by atoms with Crippen LogP contribution in [0.2, 0.25) is 0 Å². The number of para-hydroxylation sites is 1. The van der Waals surface area contributed by atoms with Gasteiger partial charge in [-0.15, -0.1) is 11.3 Å². The Morgan fingerprint density at radius 1 is 0.944 bits per heavy atom. The van der Waals surface area contributed by atoms with Crippen LogP contribution in [-0.4, -0.2) is 34.3 Å². The van der Waals surface area contributed by atoms with Gasteiger partial charge in [-0.05, 0) is 60.4 Å². The number of rotatable bonds is 9. The number of carbonyl (C=O) groups is 2. The summed E-state index contributed by atoms with van der Waals surface area (Å²) in [6.45, 7) is 5.33. The molecule has 3 amide bonds. The molecule has 190 valence electrons. The summed E-state index contributed by atoms with van der Waals surface area (Å²) in [7, 11) is 0. The molecule has 1 aliphatic carbocycles. The van der Waals surface area contributed by atoms with Gasteiger partial charge in [-0.2, -0.15) is 0 Å². The van der Waals surface area contributed by atoms with Crippen molar-refractivity contribution in [3.05, 3.63) is 87.6 Å². The summed E-state index contributed by atoms with van der Waals surface area (Å²) in [5, 5.41) is 5.20. The Hall–Kier alpha value is -3.12. The third-order valence-corrected chi connectivity index (χ3v) is 8.10. The number of amides is 3. The van der Waals surface area contributed by atoms with Gasteiger partial charge >= 0.3 is 6.03 Å². The van der Waals surface area contributed by atoms with Gasteiger partial charge in [-0.25, -0.2) is 4.79 Å². The first-order chi connectivity index (χ1) is 17.5. The molecule has 0 bridgehead atoms. The lowest BCUT2D eigenvalue weighted by Gasteiger charge is -2.35. The molecule has 2 aromatic carbocycles. The van der Waals surface area contributed by atoms with Gasteiger partial charge in [-0.3, -0.25) is 4.79 Å². The summed E-state index contributed by atoms with van der Waals surface area (Å²) < 4.78 is 0. The van der Waals surface area contributed by atoms with Gasteiger partial charge in [0.25, 0.3) is 0 Å². The summed E-state index contributed by atoms with van der Waals surface area (Å²) in [5.41, 5.74) is 4.21. The molecule has 1 heterocycles. The SMILES string of the molecule is CCc1ccccc1NC(=O)N(CC(=O)N(Cc1ccccc1)Cc1sccc1C)C1CCCCC1. The van der Waals surface area contributed by atoms with Crippen LogP contribution < -0.4 is 5.32 Å². The number of carbonyl (C=O) groups excluding carboxylic acids is 2. The molecule has 0 radical (unpaired) electrons. The molecule has 5 nitrogen and oxygen atoms in total. The fourth-order valence-corrected chi connectivity index (χ4v) is 5.84. The second-order valence-corrected chi connectivity index (χ2v) is 10.6. The van der Waals surface area contributed by atoms with E-state index in [2.05, 4.69) is 42.7 Å². The average molecular weight is 504 g/mol. The molecule has 4 rings (SSSR count). The van der Waals surface area contributed by atoms with Crippen LogP contribution in [0.25, 0.3) is 0 Å². The van der Waals surface area contributed by atoms with Crippen LogP contribution >= 0.6 is 11.3 Å². The molecule has 0 atom stereocenters. The number of urea groups is 1. The Labute approximate surface area is 219 Å². The maximum absolute atomic E-state index is 13.8. The standard InChI is InChI=1S/C30H37N3O2S/c1-3-25-14-10-11-17-27(25)31-30(35)33(26-15-8-5-9-16-26)22-29(34)32(20-24-12-6-4-7-13-24)21-28-23(2)18-19-36-28/h4,6-7,10-14,17-19,26H,3,5,8-9,15-16,20-22H2,1-2H3,(H,31,35). The fraction of sp³-hybridized carbons (Fsp3) is 0.400. The van der Waals surface area contributed by atoms with Crippen molar-refractivity contribution in [3.8, 4) is 0 Å². The molecule has 0 saturated heterocycles. The molecule has 0 spiro atoms. The number of nitrogens with one attached hydrogen (secondary N) is 1. The van der Waals surface area contributed by atoms with E-state index in [1.54, 1.807) is 16.2 Å². The van der Waals surface area contributed by atoms with Crippen molar-refractivity contribution in [1.82, 2.24) is 9.80 Å². The molecule has 1 aromatic heterocycles.